The van der Waals surface area contributed by atoms with E-state index in [-0.39, 0.29) is 0 Å². The van der Waals surface area contributed by atoms with Crippen LogP contribution in [0.25, 0.3) is 0 Å². The fourth-order valence-electron chi connectivity index (χ4n) is 1.94. The van der Waals surface area contributed by atoms with Crippen molar-refractivity contribution in [1.29, 1.82) is 0 Å². The van der Waals surface area contributed by atoms with Gasteiger partial charge in [0.1, 0.15) is 0 Å². The number of hydrogen-bond acceptors (Lipinski definition) is 2. The predicted molar refractivity (Wildman–Crippen MR) is 70.1 cm³/mol. The molecule has 90 valence electrons. The van der Waals surface area contributed by atoms with Crippen LogP contribution in [0.3, 0.4) is 0 Å². The first-order valence-electron chi connectivity index (χ1n) is 6.10. The smallest absolute Gasteiger partial charge is 0.0925 e. The van der Waals surface area contributed by atoms with Crippen LogP contribution in [-0.4, -0.2) is 23.6 Å². The summed E-state index contributed by atoms with van der Waals surface area (Å²) in [6.07, 6.45) is 4.87. The van der Waals surface area contributed by atoms with Crippen molar-refractivity contribution >= 4 is 0 Å². The number of aromatic nitrogens is 2. The minimum atomic E-state index is 0.987. The molecule has 0 saturated heterocycles. The number of aryl methyl sites for hydroxylation is 2. The summed E-state index contributed by atoms with van der Waals surface area (Å²) in [6, 6.07) is 10.6. The fourth-order valence-corrected chi connectivity index (χ4v) is 1.94. The van der Waals surface area contributed by atoms with Crippen LogP contribution in [0, 0.1) is 0 Å². The van der Waals surface area contributed by atoms with Crippen molar-refractivity contribution in [2.24, 2.45) is 0 Å². The Morgan fingerprint density at radius 3 is 2.71 bits per heavy atom. The van der Waals surface area contributed by atoms with Crippen LogP contribution in [-0.2, 0) is 19.3 Å². The lowest BCUT2D eigenvalue weighted by Crippen LogP contribution is -2.11. The molecule has 0 aliphatic heterocycles. The van der Waals surface area contributed by atoms with Gasteiger partial charge < -0.3 is 10.3 Å². The zero-order valence-electron chi connectivity index (χ0n) is 10.2. The van der Waals surface area contributed by atoms with Crippen molar-refractivity contribution in [2.45, 2.75) is 19.3 Å². The fraction of sp³-hybridized carbons (Fsp3) is 0.357. The van der Waals surface area contributed by atoms with Gasteiger partial charge in [-0.05, 0) is 25.5 Å². The minimum absolute atomic E-state index is 0.987. The molecule has 1 aromatic heterocycles. The van der Waals surface area contributed by atoms with Crippen LogP contribution >= 0.6 is 0 Å². The summed E-state index contributed by atoms with van der Waals surface area (Å²) < 4.78 is 0. The second-order valence-corrected chi connectivity index (χ2v) is 4.17. The molecule has 3 nitrogen and oxygen atoms in total. The van der Waals surface area contributed by atoms with E-state index in [0.29, 0.717) is 0 Å². The van der Waals surface area contributed by atoms with Gasteiger partial charge in [-0.15, -0.1) is 0 Å². The highest BCUT2D eigenvalue weighted by molar-refractivity contribution is 5.18. The Morgan fingerprint density at radius 2 is 1.94 bits per heavy atom. The number of rotatable bonds is 6. The molecule has 3 heteroatoms. The zero-order chi connectivity index (χ0) is 11.9. The lowest BCUT2D eigenvalue weighted by molar-refractivity contribution is 0.767. The molecule has 2 aromatic rings. The molecule has 0 fully saturated rings. The van der Waals surface area contributed by atoms with Crippen LogP contribution in [0.4, 0.5) is 0 Å². The van der Waals surface area contributed by atoms with Crippen molar-refractivity contribution < 1.29 is 0 Å². The van der Waals surface area contributed by atoms with E-state index in [1.807, 2.05) is 7.05 Å². The van der Waals surface area contributed by atoms with E-state index >= 15 is 0 Å². The normalized spacial score (nSPS) is 10.6. The Labute approximate surface area is 102 Å². The number of nitrogens with zero attached hydrogens (tertiary/aromatic N) is 1. The van der Waals surface area contributed by atoms with Gasteiger partial charge in [-0.25, -0.2) is 4.98 Å². The molecule has 0 aliphatic carbocycles. The molecular weight excluding hydrogens is 210 g/mol. The zero-order valence-corrected chi connectivity index (χ0v) is 10.2. The van der Waals surface area contributed by atoms with E-state index in [2.05, 4.69) is 45.6 Å². The van der Waals surface area contributed by atoms with Crippen LogP contribution in [0.15, 0.2) is 36.7 Å². The van der Waals surface area contributed by atoms with Gasteiger partial charge in [0.15, 0.2) is 0 Å². The SMILES string of the molecule is CNCCc1[nH]cnc1CCc1ccccc1. The first-order chi connectivity index (χ1) is 8.40. The van der Waals surface area contributed by atoms with Gasteiger partial charge in [-0.3, -0.25) is 0 Å². The summed E-state index contributed by atoms with van der Waals surface area (Å²) in [4.78, 5) is 7.63. The van der Waals surface area contributed by atoms with Gasteiger partial charge in [0, 0.05) is 18.7 Å². The first-order valence-corrected chi connectivity index (χ1v) is 6.10. The number of hydrogen-bond donors (Lipinski definition) is 2. The third-order valence-electron chi connectivity index (χ3n) is 2.93. The molecular formula is C14H19N3. The number of nitrogens with one attached hydrogen (secondary N) is 2. The van der Waals surface area contributed by atoms with E-state index in [4.69, 9.17) is 0 Å². The third kappa shape index (κ3) is 3.43. The summed E-state index contributed by atoms with van der Waals surface area (Å²) >= 11 is 0. The molecule has 0 unspecified atom stereocenters. The Morgan fingerprint density at radius 1 is 1.12 bits per heavy atom. The summed E-state index contributed by atoms with van der Waals surface area (Å²) in [7, 11) is 1.97. The topological polar surface area (TPSA) is 40.7 Å². The molecule has 2 rings (SSSR count). The molecule has 0 radical (unpaired) electrons. The number of imidazole rings is 1. The highest BCUT2D eigenvalue weighted by Gasteiger charge is 2.05. The van der Waals surface area contributed by atoms with E-state index in [0.717, 1.165) is 25.8 Å². The van der Waals surface area contributed by atoms with Gasteiger partial charge >= 0.3 is 0 Å². The van der Waals surface area contributed by atoms with Crippen LogP contribution < -0.4 is 5.32 Å². The maximum atomic E-state index is 4.40. The molecule has 0 amide bonds. The molecule has 1 aromatic carbocycles. The summed E-state index contributed by atoms with van der Waals surface area (Å²) in [5.74, 6) is 0. The monoisotopic (exact) mass is 229 g/mol. The maximum Gasteiger partial charge on any atom is 0.0925 e. The molecule has 0 saturated carbocycles. The van der Waals surface area contributed by atoms with Crippen LogP contribution in [0.1, 0.15) is 17.0 Å². The van der Waals surface area contributed by atoms with Crippen molar-refractivity contribution in [3.05, 3.63) is 53.6 Å². The standard InChI is InChI=1S/C14H19N3/c1-15-10-9-14-13(16-11-17-14)8-7-12-5-3-2-4-6-12/h2-6,11,15H,7-10H2,1H3,(H,16,17). The van der Waals surface area contributed by atoms with E-state index in [9.17, 15) is 0 Å². The molecule has 0 bridgehead atoms. The Bertz CT molecular complexity index is 434. The van der Waals surface area contributed by atoms with Crippen molar-refractivity contribution in [3.8, 4) is 0 Å². The highest BCUT2D eigenvalue weighted by atomic mass is 14.9. The van der Waals surface area contributed by atoms with Crippen molar-refractivity contribution in [1.82, 2.24) is 15.3 Å². The maximum absolute atomic E-state index is 4.40. The molecule has 0 atom stereocenters. The van der Waals surface area contributed by atoms with Gasteiger partial charge in [0.05, 0.1) is 12.0 Å². The van der Waals surface area contributed by atoms with Gasteiger partial charge in [0.2, 0.25) is 0 Å². The molecule has 1 heterocycles. The van der Waals surface area contributed by atoms with Gasteiger partial charge in [-0.1, -0.05) is 30.3 Å². The largest absolute Gasteiger partial charge is 0.348 e. The second-order valence-electron chi connectivity index (χ2n) is 4.17. The van der Waals surface area contributed by atoms with E-state index < -0.39 is 0 Å². The lowest BCUT2D eigenvalue weighted by Gasteiger charge is -2.03. The molecule has 2 N–H and O–H groups in total. The van der Waals surface area contributed by atoms with Crippen LogP contribution in [0.2, 0.25) is 0 Å². The average Bonchev–Trinajstić information content (AvgIpc) is 2.82. The quantitative estimate of drug-likeness (QED) is 0.795. The van der Waals surface area contributed by atoms with Crippen molar-refractivity contribution in [2.75, 3.05) is 13.6 Å². The van der Waals surface area contributed by atoms with Gasteiger partial charge in [0.25, 0.3) is 0 Å². The Kier molecular flexibility index (Phi) is 4.33. The van der Waals surface area contributed by atoms with Crippen molar-refractivity contribution in [3.63, 3.8) is 0 Å². The Hall–Kier alpha value is -1.61. The highest BCUT2D eigenvalue weighted by Crippen LogP contribution is 2.09. The van der Waals surface area contributed by atoms with E-state index in [1.54, 1.807) is 6.33 Å². The van der Waals surface area contributed by atoms with Crippen LogP contribution in [0.5, 0.6) is 0 Å². The number of likely N-dealkylation sites (N-methyl/N-ethyl adjacent to an activating group) is 1. The summed E-state index contributed by atoms with van der Waals surface area (Å²) in [5, 5.41) is 3.16. The summed E-state index contributed by atoms with van der Waals surface area (Å²) in [6.45, 7) is 0.987. The Balaban J connectivity index is 1.92. The third-order valence-corrected chi connectivity index (χ3v) is 2.93. The summed E-state index contributed by atoms with van der Waals surface area (Å²) in [5.41, 5.74) is 3.83. The molecule has 0 aliphatic rings. The minimum Gasteiger partial charge on any atom is -0.348 e. The average molecular weight is 229 g/mol. The number of H-pyrrole nitrogens is 1. The van der Waals surface area contributed by atoms with E-state index in [1.165, 1.54) is 17.0 Å². The number of aromatic amines is 1. The first kappa shape index (κ1) is 11.9. The molecule has 17 heavy (non-hydrogen) atoms. The lowest BCUT2D eigenvalue weighted by atomic mass is 10.1. The molecule has 0 spiro atoms. The second kappa shape index (κ2) is 6.21. The predicted octanol–water partition coefficient (Wildman–Crippen LogP) is 1.96. The number of benzene rings is 1. The van der Waals surface area contributed by atoms with Gasteiger partial charge in [-0.2, -0.15) is 0 Å².